The van der Waals surface area contributed by atoms with Crippen LogP contribution in [0.5, 0.6) is 5.88 Å². The molecule has 1 aliphatic rings. The Morgan fingerprint density at radius 1 is 1.38 bits per heavy atom. The molecular weight excluding hydrogens is 340 g/mol. The molecule has 0 saturated carbocycles. The fourth-order valence-electron chi connectivity index (χ4n) is 2.60. The SMILES string of the molecule is CCCOc1cncc(N2CCC(NC(=O)OC(C)(C)C)(C(=O)O)C2)n1. The third kappa shape index (κ3) is 4.96. The molecule has 1 aromatic heterocycles. The van der Waals surface area contributed by atoms with Crippen LogP contribution >= 0.6 is 0 Å². The van der Waals surface area contributed by atoms with Crippen molar-refractivity contribution in [3.05, 3.63) is 12.4 Å². The largest absolute Gasteiger partial charge is 0.479 e. The summed E-state index contributed by atoms with van der Waals surface area (Å²) >= 11 is 0. The second kappa shape index (κ2) is 7.76. The van der Waals surface area contributed by atoms with Crippen molar-refractivity contribution in [2.75, 3.05) is 24.6 Å². The highest BCUT2D eigenvalue weighted by Crippen LogP contribution is 2.27. The van der Waals surface area contributed by atoms with E-state index >= 15 is 0 Å². The van der Waals surface area contributed by atoms with E-state index in [-0.39, 0.29) is 13.0 Å². The van der Waals surface area contributed by atoms with Crippen LogP contribution in [0.3, 0.4) is 0 Å². The van der Waals surface area contributed by atoms with Crippen LogP contribution in [0, 0.1) is 0 Å². The lowest BCUT2D eigenvalue weighted by molar-refractivity contribution is -0.143. The number of carboxylic acids is 1. The van der Waals surface area contributed by atoms with E-state index < -0.39 is 23.2 Å². The predicted molar refractivity (Wildman–Crippen MR) is 94.4 cm³/mol. The van der Waals surface area contributed by atoms with Gasteiger partial charge in [-0.25, -0.2) is 9.59 Å². The van der Waals surface area contributed by atoms with Gasteiger partial charge in [0.05, 0.1) is 25.5 Å². The summed E-state index contributed by atoms with van der Waals surface area (Å²) in [6, 6.07) is 0. The molecule has 0 spiro atoms. The highest BCUT2D eigenvalue weighted by molar-refractivity contribution is 5.86. The summed E-state index contributed by atoms with van der Waals surface area (Å²) in [5.74, 6) is -0.220. The van der Waals surface area contributed by atoms with Gasteiger partial charge in [0.2, 0.25) is 5.88 Å². The van der Waals surface area contributed by atoms with Crippen LogP contribution in [0.2, 0.25) is 0 Å². The zero-order chi connectivity index (χ0) is 19.4. The smallest absolute Gasteiger partial charge is 0.408 e. The molecule has 1 aliphatic heterocycles. The van der Waals surface area contributed by atoms with Gasteiger partial charge in [-0.15, -0.1) is 0 Å². The normalized spacial score (nSPS) is 19.9. The Morgan fingerprint density at radius 3 is 2.73 bits per heavy atom. The number of ether oxygens (including phenoxy) is 2. The minimum Gasteiger partial charge on any atom is -0.479 e. The molecule has 1 amide bonds. The molecule has 2 rings (SSSR count). The minimum absolute atomic E-state index is 0.0630. The first-order valence-electron chi connectivity index (χ1n) is 8.59. The quantitative estimate of drug-likeness (QED) is 0.784. The molecule has 1 saturated heterocycles. The van der Waals surface area contributed by atoms with Crippen LogP contribution in [0.4, 0.5) is 10.6 Å². The number of nitrogens with zero attached hydrogens (tertiary/aromatic N) is 3. The maximum atomic E-state index is 12.1. The molecule has 2 N–H and O–H groups in total. The maximum Gasteiger partial charge on any atom is 0.408 e. The van der Waals surface area contributed by atoms with Gasteiger partial charge in [0, 0.05) is 13.0 Å². The van der Waals surface area contributed by atoms with E-state index in [1.165, 1.54) is 6.20 Å². The summed E-state index contributed by atoms with van der Waals surface area (Å²) in [6.07, 6.45) is 3.37. The van der Waals surface area contributed by atoms with E-state index in [0.717, 1.165) is 6.42 Å². The lowest BCUT2D eigenvalue weighted by Crippen LogP contribution is -2.57. The van der Waals surface area contributed by atoms with E-state index in [1.54, 1.807) is 31.9 Å². The topological polar surface area (TPSA) is 114 Å². The van der Waals surface area contributed by atoms with Gasteiger partial charge in [-0.1, -0.05) is 6.92 Å². The van der Waals surface area contributed by atoms with E-state index in [1.807, 2.05) is 6.92 Å². The van der Waals surface area contributed by atoms with Crippen molar-refractivity contribution in [3.63, 3.8) is 0 Å². The standard InChI is InChI=1S/C17H26N4O5/c1-5-8-25-13-10-18-9-12(19-13)21-7-6-17(11-21,14(22)23)20-15(24)26-16(2,3)4/h9-10H,5-8,11H2,1-4H3,(H,20,24)(H,22,23). The minimum atomic E-state index is -1.44. The van der Waals surface area contributed by atoms with Gasteiger partial charge in [0.1, 0.15) is 5.60 Å². The molecule has 0 aliphatic carbocycles. The number of hydrogen-bond donors (Lipinski definition) is 2. The average molecular weight is 366 g/mol. The van der Waals surface area contributed by atoms with E-state index in [4.69, 9.17) is 9.47 Å². The molecule has 0 aromatic carbocycles. The molecule has 2 heterocycles. The molecule has 1 aromatic rings. The van der Waals surface area contributed by atoms with Crippen molar-refractivity contribution in [1.82, 2.24) is 15.3 Å². The Kier molecular flexibility index (Phi) is 5.89. The number of nitrogens with one attached hydrogen (secondary N) is 1. The number of carboxylic acid groups (broad SMARTS) is 1. The Hall–Kier alpha value is -2.58. The van der Waals surface area contributed by atoms with E-state index in [2.05, 4.69) is 15.3 Å². The molecule has 144 valence electrons. The molecule has 0 bridgehead atoms. The number of carbonyl (C=O) groups is 2. The Labute approximate surface area is 152 Å². The lowest BCUT2D eigenvalue weighted by atomic mass is 9.99. The van der Waals surface area contributed by atoms with Crippen LogP contribution in [-0.2, 0) is 9.53 Å². The van der Waals surface area contributed by atoms with Crippen LogP contribution < -0.4 is 15.0 Å². The Morgan fingerprint density at radius 2 is 2.12 bits per heavy atom. The fourth-order valence-corrected chi connectivity index (χ4v) is 2.60. The maximum absolute atomic E-state index is 12.1. The lowest BCUT2D eigenvalue weighted by Gasteiger charge is -2.28. The summed E-state index contributed by atoms with van der Waals surface area (Å²) in [6.45, 7) is 8.15. The highest BCUT2D eigenvalue weighted by atomic mass is 16.6. The van der Waals surface area contributed by atoms with Crippen molar-refractivity contribution in [2.45, 2.75) is 51.7 Å². The first kappa shape index (κ1) is 19.7. The molecule has 0 radical (unpaired) electrons. The Balaban J connectivity index is 2.12. The molecule has 1 atom stereocenters. The van der Waals surface area contributed by atoms with Gasteiger partial charge in [-0.2, -0.15) is 4.98 Å². The zero-order valence-corrected chi connectivity index (χ0v) is 15.6. The average Bonchev–Trinajstić information content (AvgIpc) is 2.97. The summed E-state index contributed by atoms with van der Waals surface area (Å²) in [4.78, 5) is 34.1. The van der Waals surface area contributed by atoms with Crippen LogP contribution in [0.15, 0.2) is 12.4 Å². The van der Waals surface area contributed by atoms with Gasteiger partial charge in [-0.3, -0.25) is 4.98 Å². The number of rotatable bonds is 6. The van der Waals surface area contributed by atoms with E-state index in [0.29, 0.717) is 24.8 Å². The van der Waals surface area contributed by atoms with Crippen molar-refractivity contribution in [2.24, 2.45) is 0 Å². The van der Waals surface area contributed by atoms with Gasteiger partial charge >= 0.3 is 12.1 Å². The molecule has 1 fully saturated rings. The number of carbonyl (C=O) groups excluding carboxylic acids is 1. The summed E-state index contributed by atoms with van der Waals surface area (Å²) in [7, 11) is 0. The monoisotopic (exact) mass is 366 g/mol. The van der Waals surface area contributed by atoms with Gasteiger partial charge < -0.3 is 24.8 Å². The molecule has 9 nitrogen and oxygen atoms in total. The molecule has 26 heavy (non-hydrogen) atoms. The van der Waals surface area contributed by atoms with Crippen LogP contribution in [-0.4, -0.2) is 58.0 Å². The fraction of sp³-hybridized carbons (Fsp3) is 0.647. The predicted octanol–water partition coefficient (Wildman–Crippen LogP) is 1.82. The van der Waals surface area contributed by atoms with Crippen molar-refractivity contribution < 1.29 is 24.2 Å². The summed E-state index contributed by atoms with van der Waals surface area (Å²) in [5, 5.41) is 12.2. The second-order valence-corrected chi connectivity index (χ2v) is 7.25. The third-order valence-corrected chi connectivity index (χ3v) is 3.80. The van der Waals surface area contributed by atoms with E-state index in [9.17, 15) is 14.7 Å². The molecule has 1 unspecified atom stereocenters. The molecule has 9 heteroatoms. The summed E-state index contributed by atoms with van der Waals surface area (Å²) < 4.78 is 10.7. The van der Waals surface area contributed by atoms with Gasteiger partial charge in [0.15, 0.2) is 11.4 Å². The first-order chi connectivity index (χ1) is 12.1. The highest BCUT2D eigenvalue weighted by Gasteiger charge is 2.47. The molecular formula is C17H26N4O5. The van der Waals surface area contributed by atoms with Crippen molar-refractivity contribution in [1.29, 1.82) is 0 Å². The Bertz CT molecular complexity index is 661. The van der Waals surface area contributed by atoms with Gasteiger partial charge in [-0.05, 0) is 27.2 Å². The van der Waals surface area contributed by atoms with Gasteiger partial charge in [0.25, 0.3) is 0 Å². The number of aromatic nitrogens is 2. The van der Waals surface area contributed by atoms with Crippen molar-refractivity contribution >= 4 is 17.9 Å². The first-order valence-corrected chi connectivity index (χ1v) is 8.59. The third-order valence-electron chi connectivity index (χ3n) is 3.80. The second-order valence-electron chi connectivity index (χ2n) is 7.25. The number of hydrogen-bond acceptors (Lipinski definition) is 7. The van der Waals surface area contributed by atoms with Crippen LogP contribution in [0.25, 0.3) is 0 Å². The van der Waals surface area contributed by atoms with Crippen LogP contribution in [0.1, 0.15) is 40.5 Å². The number of aliphatic carboxylic acids is 1. The number of anilines is 1. The number of amides is 1. The summed E-state index contributed by atoms with van der Waals surface area (Å²) in [5.41, 5.74) is -2.15. The zero-order valence-electron chi connectivity index (χ0n) is 15.6. The van der Waals surface area contributed by atoms with Crippen molar-refractivity contribution in [3.8, 4) is 5.88 Å². The number of alkyl carbamates (subject to hydrolysis) is 1.